The highest BCUT2D eigenvalue weighted by molar-refractivity contribution is 7.89. The summed E-state index contributed by atoms with van der Waals surface area (Å²) in [5, 5.41) is 9.55. The zero-order chi connectivity index (χ0) is 14.9. The predicted molar refractivity (Wildman–Crippen MR) is 68.3 cm³/mol. The van der Waals surface area contributed by atoms with Crippen molar-refractivity contribution < 1.29 is 23.1 Å². The molecule has 1 aliphatic rings. The molecule has 0 saturated carbocycles. The Labute approximate surface area is 116 Å². The molecule has 2 N–H and O–H groups in total. The molecule has 112 valence electrons. The first-order valence-electron chi connectivity index (χ1n) is 6.21. The van der Waals surface area contributed by atoms with Gasteiger partial charge in [-0.15, -0.1) is 0 Å². The van der Waals surface area contributed by atoms with Gasteiger partial charge in [-0.25, -0.2) is 13.4 Å². The number of sulfonamides is 1. The van der Waals surface area contributed by atoms with Crippen LogP contribution in [0.2, 0.25) is 0 Å². The molecule has 1 aromatic heterocycles. The Balaban J connectivity index is 2.34. The Kier molecular flexibility index (Phi) is 4.11. The molecule has 1 saturated heterocycles. The van der Waals surface area contributed by atoms with Gasteiger partial charge in [0.15, 0.2) is 5.03 Å². The fourth-order valence-corrected chi connectivity index (χ4v) is 3.74. The maximum atomic E-state index is 12.5. The van der Waals surface area contributed by atoms with E-state index in [2.05, 4.69) is 14.7 Å². The molecule has 9 heteroatoms. The van der Waals surface area contributed by atoms with E-state index in [9.17, 15) is 18.3 Å². The number of nitrogens with zero attached hydrogens (tertiary/aromatic N) is 2. The molecule has 1 aromatic rings. The van der Waals surface area contributed by atoms with Gasteiger partial charge in [0, 0.05) is 19.4 Å². The van der Waals surface area contributed by atoms with E-state index in [1.807, 2.05) is 6.92 Å². The standard InChI is InChI=1S/C11H17N3O5S/c1-3-9-12-5-10(13-9)20(17,18)14-6-7(15)4-8(14)11(16)19-2/h5,7-8,15H,3-4,6H2,1-2H3,(H,12,13). The van der Waals surface area contributed by atoms with E-state index in [0.717, 1.165) is 4.31 Å². The Morgan fingerprint density at radius 1 is 1.65 bits per heavy atom. The van der Waals surface area contributed by atoms with Crippen molar-refractivity contribution in [2.75, 3.05) is 13.7 Å². The lowest BCUT2D eigenvalue weighted by molar-refractivity contribution is -0.144. The van der Waals surface area contributed by atoms with Crippen molar-refractivity contribution in [2.45, 2.75) is 36.9 Å². The smallest absolute Gasteiger partial charge is 0.324 e. The molecule has 0 aromatic carbocycles. The second kappa shape index (κ2) is 5.51. The third-order valence-electron chi connectivity index (χ3n) is 3.23. The number of hydrogen-bond donors (Lipinski definition) is 2. The lowest BCUT2D eigenvalue weighted by Crippen LogP contribution is -2.41. The van der Waals surface area contributed by atoms with Gasteiger partial charge in [-0.05, 0) is 0 Å². The average Bonchev–Trinajstić information content (AvgIpc) is 3.04. The molecule has 2 heterocycles. The molecule has 2 unspecified atom stereocenters. The molecular weight excluding hydrogens is 286 g/mol. The number of H-pyrrole nitrogens is 1. The van der Waals surface area contributed by atoms with Crippen LogP contribution in [0.5, 0.6) is 0 Å². The van der Waals surface area contributed by atoms with Crippen LogP contribution in [0, 0.1) is 0 Å². The first-order valence-corrected chi connectivity index (χ1v) is 7.65. The predicted octanol–water partition coefficient (Wildman–Crippen LogP) is -0.731. The van der Waals surface area contributed by atoms with Crippen LogP contribution in [-0.2, 0) is 26.0 Å². The Bertz CT molecular complexity index is 597. The lowest BCUT2D eigenvalue weighted by atomic mass is 10.2. The summed E-state index contributed by atoms with van der Waals surface area (Å²) in [6, 6.07) is -1.01. The third kappa shape index (κ3) is 2.56. The number of ether oxygens (including phenoxy) is 1. The van der Waals surface area contributed by atoms with Gasteiger partial charge in [0.1, 0.15) is 11.9 Å². The maximum Gasteiger partial charge on any atom is 0.324 e. The summed E-state index contributed by atoms with van der Waals surface area (Å²) in [5.41, 5.74) is 0. The van der Waals surface area contributed by atoms with Crippen molar-refractivity contribution >= 4 is 16.0 Å². The highest BCUT2D eigenvalue weighted by Gasteiger charge is 2.44. The minimum Gasteiger partial charge on any atom is -0.468 e. The first-order chi connectivity index (χ1) is 9.40. The van der Waals surface area contributed by atoms with Gasteiger partial charge in [-0.2, -0.15) is 4.31 Å². The van der Waals surface area contributed by atoms with Crippen LogP contribution in [0.25, 0.3) is 0 Å². The second-order valence-electron chi connectivity index (χ2n) is 4.55. The lowest BCUT2D eigenvalue weighted by Gasteiger charge is -2.20. The molecule has 1 fully saturated rings. The number of aliphatic hydroxyl groups is 1. The SMILES string of the molecule is CCc1ncc(S(=O)(=O)N2CC(O)CC2C(=O)OC)[nH]1. The molecule has 0 amide bonds. The summed E-state index contributed by atoms with van der Waals surface area (Å²) < 4.78 is 30.5. The number of methoxy groups -OCH3 is 1. The fourth-order valence-electron chi connectivity index (χ4n) is 2.18. The van der Waals surface area contributed by atoms with Crippen molar-refractivity contribution in [3.05, 3.63) is 12.0 Å². The number of esters is 1. The normalized spacial score (nSPS) is 23.9. The Hall–Kier alpha value is -1.45. The highest BCUT2D eigenvalue weighted by atomic mass is 32.2. The maximum absolute atomic E-state index is 12.5. The van der Waals surface area contributed by atoms with Crippen molar-refractivity contribution in [2.24, 2.45) is 0 Å². The number of carbonyl (C=O) groups is 1. The zero-order valence-corrected chi connectivity index (χ0v) is 12.1. The monoisotopic (exact) mass is 303 g/mol. The van der Waals surface area contributed by atoms with E-state index >= 15 is 0 Å². The summed E-state index contributed by atoms with van der Waals surface area (Å²) in [5.74, 6) is -0.140. The quantitative estimate of drug-likeness (QED) is 0.709. The number of nitrogens with one attached hydrogen (secondary N) is 1. The van der Waals surface area contributed by atoms with Gasteiger partial charge in [0.2, 0.25) is 0 Å². The van der Waals surface area contributed by atoms with Gasteiger partial charge in [-0.1, -0.05) is 6.92 Å². The molecule has 8 nitrogen and oxygen atoms in total. The van der Waals surface area contributed by atoms with Gasteiger partial charge in [0.05, 0.1) is 19.4 Å². The number of β-amino-alcohol motifs (C(OH)–C–C–N with tert-alkyl or cyclic N) is 1. The third-order valence-corrected chi connectivity index (χ3v) is 5.02. The van der Waals surface area contributed by atoms with Crippen molar-refractivity contribution in [1.29, 1.82) is 0 Å². The molecule has 2 atom stereocenters. The van der Waals surface area contributed by atoms with E-state index in [-0.39, 0.29) is 18.0 Å². The summed E-state index contributed by atoms with van der Waals surface area (Å²) in [7, 11) is -2.73. The minimum absolute atomic E-state index is 0.0284. The first kappa shape index (κ1) is 14.9. The molecular formula is C11H17N3O5S. The molecule has 0 spiro atoms. The van der Waals surface area contributed by atoms with Crippen LogP contribution < -0.4 is 0 Å². The minimum atomic E-state index is -3.91. The largest absolute Gasteiger partial charge is 0.468 e. The number of aromatic amines is 1. The van der Waals surface area contributed by atoms with Crippen LogP contribution in [0.1, 0.15) is 19.2 Å². The van der Waals surface area contributed by atoms with E-state index in [0.29, 0.717) is 12.2 Å². The Morgan fingerprint density at radius 3 is 2.90 bits per heavy atom. The molecule has 2 rings (SSSR count). The fraction of sp³-hybridized carbons (Fsp3) is 0.636. The van der Waals surface area contributed by atoms with Crippen molar-refractivity contribution in [1.82, 2.24) is 14.3 Å². The van der Waals surface area contributed by atoms with Crippen molar-refractivity contribution in [3.63, 3.8) is 0 Å². The Morgan fingerprint density at radius 2 is 2.35 bits per heavy atom. The van der Waals surface area contributed by atoms with Crippen LogP contribution in [-0.4, -0.2) is 59.6 Å². The number of imidazole rings is 1. The number of rotatable bonds is 4. The second-order valence-corrected chi connectivity index (χ2v) is 6.41. The van der Waals surface area contributed by atoms with Gasteiger partial charge in [0.25, 0.3) is 10.0 Å². The number of carbonyl (C=O) groups excluding carboxylic acids is 1. The highest BCUT2D eigenvalue weighted by Crippen LogP contribution is 2.26. The van der Waals surface area contributed by atoms with E-state index in [4.69, 9.17) is 0 Å². The van der Waals surface area contributed by atoms with Crippen LogP contribution in [0.3, 0.4) is 0 Å². The average molecular weight is 303 g/mol. The number of aliphatic hydroxyl groups excluding tert-OH is 1. The molecule has 0 aliphatic carbocycles. The topological polar surface area (TPSA) is 113 Å². The van der Waals surface area contributed by atoms with E-state index in [1.165, 1.54) is 13.3 Å². The molecule has 0 bridgehead atoms. The molecule has 20 heavy (non-hydrogen) atoms. The van der Waals surface area contributed by atoms with Crippen LogP contribution >= 0.6 is 0 Å². The molecule has 1 aliphatic heterocycles. The van der Waals surface area contributed by atoms with Crippen molar-refractivity contribution in [3.8, 4) is 0 Å². The number of hydrogen-bond acceptors (Lipinski definition) is 6. The van der Waals surface area contributed by atoms with E-state index < -0.39 is 28.1 Å². The summed E-state index contributed by atoms with van der Waals surface area (Å²) in [4.78, 5) is 18.3. The van der Waals surface area contributed by atoms with Gasteiger partial charge in [-0.3, -0.25) is 4.79 Å². The van der Waals surface area contributed by atoms with Gasteiger partial charge >= 0.3 is 5.97 Å². The van der Waals surface area contributed by atoms with Gasteiger partial charge < -0.3 is 14.8 Å². The number of aryl methyl sites for hydroxylation is 1. The summed E-state index contributed by atoms with van der Waals surface area (Å²) >= 11 is 0. The summed E-state index contributed by atoms with van der Waals surface area (Å²) in [6.45, 7) is 1.70. The molecule has 0 radical (unpaired) electrons. The summed E-state index contributed by atoms with van der Waals surface area (Å²) in [6.07, 6.45) is 0.925. The van der Waals surface area contributed by atoms with Crippen LogP contribution in [0.4, 0.5) is 0 Å². The zero-order valence-electron chi connectivity index (χ0n) is 11.2. The van der Waals surface area contributed by atoms with E-state index in [1.54, 1.807) is 0 Å². The number of aromatic nitrogens is 2. The van der Waals surface area contributed by atoms with Crippen LogP contribution in [0.15, 0.2) is 11.2 Å².